The van der Waals surface area contributed by atoms with Gasteiger partial charge in [0.15, 0.2) is 0 Å². The van der Waals surface area contributed by atoms with Crippen LogP contribution < -0.4 is 4.74 Å². The minimum Gasteiger partial charge on any atom is -0.508 e. The number of hydrogen-bond acceptors (Lipinski definition) is 5. The van der Waals surface area contributed by atoms with Gasteiger partial charge in [0.1, 0.15) is 29.6 Å². The van der Waals surface area contributed by atoms with Crippen molar-refractivity contribution in [2.75, 3.05) is 44.9 Å². The van der Waals surface area contributed by atoms with Gasteiger partial charge < -0.3 is 25.0 Å². The Hall–Kier alpha value is -13.0. The van der Waals surface area contributed by atoms with Gasteiger partial charge in [-0.25, -0.2) is 0 Å². The van der Waals surface area contributed by atoms with Crippen molar-refractivity contribution >= 4 is 90.5 Å². The van der Waals surface area contributed by atoms with E-state index in [2.05, 4.69) is 325 Å². The molecular formula is C118H114Cl3NO4. The van der Waals surface area contributed by atoms with Crippen molar-refractivity contribution < 1.29 is 20.1 Å². The van der Waals surface area contributed by atoms with E-state index in [0.29, 0.717) is 30.0 Å². The summed E-state index contributed by atoms with van der Waals surface area (Å²) < 4.78 is 5.85. The van der Waals surface area contributed by atoms with Crippen molar-refractivity contribution in [3.8, 4) is 23.0 Å². The zero-order chi connectivity index (χ0) is 88.8. The number of phenols is 3. The number of aromatic hydroxyl groups is 3. The number of ether oxygens (including phenoxy) is 1. The number of allylic oxidation sites excluding steroid dienone is 5. The maximum atomic E-state index is 9.77. The minimum atomic E-state index is 0.251. The van der Waals surface area contributed by atoms with Crippen LogP contribution in [0.5, 0.6) is 23.0 Å². The highest BCUT2D eigenvalue weighted by Crippen LogP contribution is 2.42. The molecule has 15 aromatic rings. The molecule has 0 spiro atoms. The molecule has 0 amide bonds. The summed E-state index contributed by atoms with van der Waals surface area (Å²) in [5.74, 6) is 3.35. The molecule has 0 atom stereocenters. The fourth-order valence-corrected chi connectivity index (χ4v) is 16.0. The third-order valence-corrected chi connectivity index (χ3v) is 22.3. The maximum absolute atomic E-state index is 9.77. The standard InChI is InChI=1S/C26H28ClNO2.C23H21ClO.C23H21Cl.C23H22O.C23H22/c1-28(2)18-19-30-24-14-10-22(11-15-24)26(21-8-12-23(29)13-9-21)25(16-17-27)20-6-4-3-5-7-20;1-17-7-9-19(10-8-17)23(20-11-13-21(25)14-12-20)22(15-16-24)18-5-3-2-4-6-18;1-18-12-14-21(15-13-18)23(20-10-6-3-7-11-20)22(16-17-24)19-8-4-2-5-9-19;1-3-22(18-7-5-4-6-8-18)23(19-11-9-17(2)10-12-19)20-13-15-21(24)16-14-20;1-3-22(19-10-6-4-7-11-19)23(20-12-8-5-9-13-20)21-16-14-18(2)15-17-21/h3-15,29H,16-19H2,1-2H3;2-14,25H,15-16H2,1H3;2-15H,16-17H2,1H3;4-16,24H,3H2,1-2H3;4-17H,3H2,1-2H3/b26-25-;23-22+;23-22-;23-22+;23-22-. The molecule has 3 N–H and O–H groups in total. The average Bonchev–Trinajstić information content (AvgIpc) is 0.821. The van der Waals surface area contributed by atoms with Crippen LogP contribution in [-0.4, -0.2) is 65.1 Å². The van der Waals surface area contributed by atoms with Crippen molar-refractivity contribution in [1.82, 2.24) is 4.90 Å². The van der Waals surface area contributed by atoms with Crippen LogP contribution in [-0.2, 0) is 0 Å². The fraction of sp³-hybridized carbons (Fsp3) is 0.153. The lowest BCUT2D eigenvalue weighted by Gasteiger charge is -2.17. The highest BCUT2D eigenvalue weighted by Gasteiger charge is 2.20. The van der Waals surface area contributed by atoms with Gasteiger partial charge in [0.2, 0.25) is 0 Å². The Balaban J connectivity index is 0.000000153. The van der Waals surface area contributed by atoms with Gasteiger partial charge in [-0.15, -0.1) is 34.8 Å². The van der Waals surface area contributed by atoms with Crippen LogP contribution >= 0.6 is 34.8 Å². The van der Waals surface area contributed by atoms with Crippen molar-refractivity contribution in [3.05, 3.63) is 512 Å². The molecule has 0 aliphatic rings. The van der Waals surface area contributed by atoms with E-state index in [9.17, 15) is 15.3 Å². The van der Waals surface area contributed by atoms with Gasteiger partial charge in [0.25, 0.3) is 0 Å². The first kappa shape index (κ1) is 93.7. The molecule has 0 fully saturated rings. The topological polar surface area (TPSA) is 73.2 Å². The van der Waals surface area contributed by atoms with Gasteiger partial charge in [-0.3, -0.25) is 0 Å². The molecule has 0 aliphatic heterocycles. The van der Waals surface area contributed by atoms with Crippen LogP contribution in [0.3, 0.4) is 0 Å². The minimum absolute atomic E-state index is 0.251. The van der Waals surface area contributed by atoms with Crippen LogP contribution in [0.1, 0.15) is 152 Å². The van der Waals surface area contributed by atoms with Crippen LogP contribution in [0.25, 0.3) is 55.7 Å². The zero-order valence-electron chi connectivity index (χ0n) is 73.6. The van der Waals surface area contributed by atoms with E-state index in [-0.39, 0.29) is 11.5 Å². The molecule has 0 saturated carbocycles. The van der Waals surface area contributed by atoms with Gasteiger partial charge in [0.05, 0.1) is 0 Å². The summed E-state index contributed by atoms with van der Waals surface area (Å²) in [6, 6.07) is 139. The Labute approximate surface area is 763 Å². The molecule has 15 aromatic carbocycles. The summed E-state index contributed by atoms with van der Waals surface area (Å²) in [6.07, 6.45) is 4.29. The lowest BCUT2D eigenvalue weighted by molar-refractivity contribution is 0.261. The van der Waals surface area contributed by atoms with Crippen LogP contribution in [0.2, 0.25) is 0 Å². The molecule has 0 saturated heterocycles. The van der Waals surface area contributed by atoms with Crippen molar-refractivity contribution in [2.45, 2.75) is 73.6 Å². The highest BCUT2D eigenvalue weighted by molar-refractivity contribution is 6.19. The third kappa shape index (κ3) is 27.3. The SMILES string of the molecule is CC/C(=C(/c1ccc(C)cc1)c1ccc(O)cc1)c1ccccc1.CC/C(=C(\c1ccccc1)c1ccc(C)cc1)c1ccccc1.CN(C)CCOc1ccc(/C(=C(/CCCl)c2ccccc2)c2ccc(O)cc2)cc1.Cc1ccc(/C(=C(/CCCl)c2ccccc2)c2ccc(O)cc2)cc1.Cc1ccc(/C(=C(/CCCl)c2ccccc2)c2ccccc2)cc1. The lowest BCUT2D eigenvalue weighted by atomic mass is 9.88. The second kappa shape index (κ2) is 49.5. The summed E-state index contributed by atoms with van der Waals surface area (Å²) in [6.45, 7) is 14.4. The number of phenolic OH excluding ortho intramolecular Hbond substituents is 3. The van der Waals surface area contributed by atoms with Gasteiger partial charge in [-0.2, -0.15) is 0 Å². The molecule has 0 heterocycles. The van der Waals surface area contributed by atoms with E-state index >= 15 is 0 Å². The Morgan fingerprint density at radius 1 is 0.230 bits per heavy atom. The number of nitrogens with zero attached hydrogens (tertiary/aromatic N) is 1. The fourth-order valence-electron chi connectivity index (χ4n) is 15.4. The summed E-state index contributed by atoms with van der Waals surface area (Å²) in [7, 11) is 4.06. The molecule has 636 valence electrons. The van der Waals surface area contributed by atoms with Crippen molar-refractivity contribution in [2.24, 2.45) is 0 Å². The van der Waals surface area contributed by atoms with Gasteiger partial charge >= 0.3 is 0 Å². The molecule has 15 rings (SSSR count). The Bertz CT molecular complexity index is 5850. The third-order valence-electron chi connectivity index (χ3n) is 21.8. The number of halogens is 3. The van der Waals surface area contributed by atoms with Gasteiger partial charge in [0, 0.05) is 24.2 Å². The second-order valence-corrected chi connectivity index (χ2v) is 32.3. The quantitative estimate of drug-likeness (QED) is 0.0353. The van der Waals surface area contributed by atoms with Crippen LogP contribution in [0.15, 0.2) is 406 Å². The Morgan fingerprint density at radius 3 is 0.603 bits per heavy atom. The number of aryl methyl sites for hydroxylation is 4. The van der Waals surface area contributed by atoms with Crippen LogP contribution in [0, 0.1) is 27.7 Å². The monoisotopic (exact) mass is 1710 g/mol. The number of benzene rings is 15. The summed E-state index contributed by atoms with van der Waals surface area (Å²) in [4.78, 5) is 2.10. The van der Waals surface area contributed by atoms with E-state index in [0.717, 1.165) is 88.9 Å². The smallest absolute Gasteiger partial charge is 0.119 e. The predicted molar refractivity (Wildman–Crippen MR) is 541 cm³/mol. The van der Waals surface area contributed by atoms with Gasteiger partial charge in [-0.1, -0.05) is 394 Å². The Kier molecular flexibility index (Phi) is 36.8. The van der Waals surface area contributed by atoms with E-state index < -0.39 is 0 Å². The number of hydrogen-bond donors (Lipinski definition) is 3. The summed E-state index contributed by atoms with van der Waals surface area (Å²) in [5.41, 5.74) is 35.3. The number of likely N-dealkylation sites (N-methyl/N-ethyl adjacent to an activating group) is 1. The Morgan fingerprint density at radius 2 is 0.405 bits per heavy atom. The molecule has 5 nitrogen and oxygen atoms in total. The maximum Gasteiger partial charge on any atom is 0.119 e. The first-order valence-corrected chi connectivity index (χ1v) is 44.9. The predicted octanol–water partition coefficient (Wildman–Crippen LogP) is 31.2. The van der Waals surface area contributed by atoms with E-state index in [1.807, 2.05) is 105 Å². The molecule has 8 heteroatoms. The molecule has 0 unspecified atom stereocenters. The molecule has 0 aromatic heterocycles. The number of alkyl halides is 3. The van der Waals surface area contributed by atoms with Crippen LogP contribution in [0.4, 0.5) is 0 Å². The average molecular weight is 1720 g/mol. The van der Waals surface area contributed by atoms with Crippen molar-refractivity contribution in [1.29, 1.82) is 0 Å². The molecule has 126 heavy (non-hydrogen) atoms. The van der Waals surface area contributed by atoms with E-state index in [1.165, 1.54) is 117 Å². The van der Waals surface area contributed by atoms with E-state index in [4.69, 9.17) is 39.5 Å². The first-order valence-electron chi connectivity index (χ1n) is 43.3. The van der Waals surface area contributed by atoms with Gasteiger partial charge in [-0.05, 0) is 262 Å². The zero-order valence-corrected chi connectivity index (χ0v) is 75.9. The lowest BCUT2D eigenvalue weighted by Crippen LogP contribution is -2.19. The number of rotatable bonds is 27. The normalized spacial score (nSPS) is 11.9. The largest absolute Gasteiger partial charge is 0.508 e. The second-order valence-electron chi connectivity index (χ2n) is 31.1. The summed E-state index contributed by atoms with van der Waals surface area (Å²) >= 11 is 18.5. The molecule has 0 radical (unpaired) electrons. The first-order chi connectivity index (χ1) is 61.5. The molecule has 0 bridgehead atoms. The molecular weight excluding hydrogens is 1600 g/mol. The highest BCUT2D eigenvalue weighted by atomic mass is 35.5. The van der Waals surface area contributed by atoms with E-state index in [1.54, 1.807) is 36.4 Å². The van der Waals surface area contributed by atoms with Crippen molar-refractivity contribution in [3.63, 3.8) is 0 Å². The summed E-state index contributed by atoms with van der Waals surface area (Å²) in [5, 5.41) is 29.1. The molecule has 0 aliphatic carbocycles.